The average Bonchev–Trinajstić information content (AvgIpc) is 2.33. The number of carbonyl (C=O) groups excluding carboxylic acids is 1. The second-order valence-corrected chi connectivity index (χ2v) is 7.63. The van der Waals surface area contributed by atoms with Crippen molar-refractivity contribution in [3.05, 3.63) is 0 Å². The summed E-state index contributed by atoms with van der Waals surface area (Å²) in [6.07, 6.45) is 10.7. The highest BCUT2D eigenvalue weighted by Crippen LogP contribution is 2.15. The minimum atomic E-state index is -0.0307. The van der Waals surface area contributed by atoms with Gasteiger partial charge >= 0.3 is 5.97 Å². The lowest BCUT2D eigenvalue weighted by atomic mass is 9.99. The smallest absolute Gasteiger partial charge is 0.305 e. The third-order valence-corrected chi connectivity index (χ3v) is 3.33. The van der Waals surface area contributed by atoms with Gasteiger partial charge in [-0.3, -0.25) is 4.79 Å². The van der Waals surface area contributed by atoms with Gasteiger partial charge in [0.25, 0.3) is 0 Å². The number of ether oxygens (including phenoxy) is 1. The van der Waals surface area contributed by atoms with Crippen LogP contribution in [-0.4, -0.2) is 12.6 Å². The second-order valence-electron chi connectivity index (χ2n) is 7.63. The number of hydrogen-bond acceptors (Lipinski definition) is 2. The maximum atomic E-state index is 11.5. The van der Waals surface area contributed by atoms with Crippen molar-refractivity contribution in [2.75, 3.05) is 6.61 Å². The molecular weight excluding hydrogens is 248 g/mol. The van der Waals surface area contributed by atoms with Gasteiger partial charge in [0.1, 0.15) is 0 Å². The first-order valence-corrected chi connectivity index (χ1v) is 8.47. The van der Waals surface area contributed by atoms with E-state index in [0.29, 0.717) is 13.0 Å². The number of hydrogen-bond donors (Lipinski definition) is 0. The van der Waals surface area contributed by atoms with Crippen molar-refractivity contribution in [1.29, 1.82) is 0 Å². The topological polar surface area (TPSA) is 26.3 Å². The summed E-state index contributed by atoms with van der Waals surface area (Å²) in [4.78, 5) is 11.5. The van der Waals surface area contributed by atoms with Crippen molar-refractivity contribution in [3.8, 4) is 0 Å². The molecule has 0 heterocycles. The van der Waals surface area contributed by atoms with Crippen molar-refractivity contribution >= 4 is 5.97 Å². The molecule has 0 aliphatic heterocycles. The monoisotopic (exact) mass is 284 g/mol. The summed E-state index contributed by atoms with van der Waals surface area (Å²) in [5.41, 5.74) is 0.0750. The Morgan fingerprint density at radius 2 is 1.40 bits per heavy atom. The fourth-order valence-corrected chi connectivity index (χ4v) is 2.07. The lowest BCUT2D eigenvalue weighted by Crippen LogP contribution is -2.18. The Bertz CT molecular complexity index is 238. The van der Waals surface area contributed by atoms with Crippen molar-refractivity contribution in [2.45, 2.75) is 92.4 Å². The van der Waals surface area contributed by atoms with E-state index in [-0.39, 0.29) is 11.4 Å². The zero-order valence-corrected chi connectivity index (χ0v) is 14.5. The van der Waals surface area contributed by atoms with Crippen molar-refractivity contribution in [1.82, 2.24) is 0 Å². The van der Waals surface area contributed by atoms with Crippen LogP contribution in [0.5, 0.6) is 0 Å². The van der Waals surface area contributed by atoms with Crippen molar-refractivity contribution in [2.24, 2.45) is 11.3 Å². The van der Waals surface area contributed by atoms with E-state index in [1.54, 1.807) is 0 Å². The molecule has 0 spiro atoms. The van der Waals surface area contributed by atoms with E-state index >= 15 is 0 Å². The third-order valence-electron chi connectivity index (χ3n) is 3.33. The van der Waals surface area contributed by atoms with Crippen LogP contribution in [0.25, 0.3) is 0 Å². The molecule has 0 rings (SSSR count). The largest absolute Gasteiger partial charge is 0.465 e. The van der Waals surface area contributed by atoms with Gasteiger partial charge in [0.15, 0.2) is 0 Å². The Kier molecular flexibility index (Phi) is 10.9. The highest BCUT2D eigenvalue weighted by Gasteiger charge is 2.13. The molecule has 20 heavy (non-hydrogen) atoms. The lowest BCUT2D eigenvalue weighted by Gasteiger charge is -2.17. The molecule has 2 heteroatoms. The molecule has 0 aliphatic carbocycles. The maximum absolute atomic E-state index is 11.5. The van der Waals surface area contributed by atoms with Gasteiger partial charge in [-0.2, -0.15) is 0 Å². The minimum absolute atomic E-state index is 0.0307. The molecule has 0 aromatic rings. The zero-order valence-electron chi connectivity index (χ0n) is 14.5. The Balaban J connectivity index is 3.25. The van der Waals surface area contributed by atoms with E-state index < -0.39 is 0 Å². The Labute approximate surface area is 126 Å². The van der Waals surface area contributed by atoms with Crippen LogP contribution in [0.1, 0.15) is 92.4 Å². The van der Waals surface area contributed by atoms with E-state index in [0.717, 1.165) is 18.8 Å². The quantitative estimate of drug-likeness (QED) is 0.357. The van der Waals surface area contributed by atoms with Crippen LogP contribution in [-0.2, 0) is 9.53 Å². The molecule has 120 valence electrons. The lowest BCUT2D eigenvalue weighted by molar-refractivity contribution is -0.146. The predicted octanol–water partition coefficient (Wildman–Crippen LogP) is 5.74. The first kappa shape index (κ1) is 19.5. The molecule has 0 fully saturated rings. The summed E-state index contributed by atoms with van der Waals surface area (Å²) in [6, 6.07) is 0. The van der Waals surface area contributed by atoms with E-state index in [9.17, 15) is 4.79 Å². The Morgan fingerprint density at radius 3 is 1.90 bits per heavy atom. The normalized spacial score (nSPS) is 11.9. The molecule has 0 aliphatic rings. The standard InChI is InChI=1S/C18H36O2/c1-16(2)13-11-9-7-6-8-10-12-14-17(19)20-15-18(3,4)5/h16H,6-15H2,1-5H3. The minimum Gasteiger partial charge on any atom is -0.465 e. The predicted molar refractivity (Wildman–Crippen MR) is 86.8 cm³/mol. The van der Waals surface area contributed by atoms with Gasteiger partial charge in [-0.05, 0) is 17.8 Å². The molecule has 0 aromatic carbocycles. The van der Waals surface area contributed by atoms with Crippen molar-refractivity contribution < 1.29 is 9.53 Å². The van der Waals surface area contributed by atoms with Gasteiger partial charge in [0, 0.05) is 6.42 Å². The maximum Gasteiger partial charge on any atom is 0.305 e. The van der Waals surface area contributed by atoms with E-state index in [1.165, 1.54) is 38.5 Å². The average molecular weight is 284 g/mol. The first-order chi connectivity index (χ1) is 9.31. The second kappa shape index (κ2) is 11.2. The summed E-state index contributed by atoms with van der Waals surface area (Å²) in [5.74, 6) is 0.811. The molecule has 0 radical (unpaired) electrons. The van der Waals surface area contributed by atoms with Crippen LogP contribution in [0.3, 0.4) is 0 Å². The summed E-state index contributed by atoms with van der Waals surface area (Å²) in [6.45, 7) is 11.4. The highest BCUT2D eigenvalue weighted by atomic mass is 16.5. The molecule has 0 saturated carbocycles. The molecule has 0 bridgehead atoms. The third kappa shape index (κ3) is 15.5. The molecule has 2 nitrogen and oxygen atoms in total. The van der Waals surface area contributed by atoms with Crippen LogP contribution >= 0.6 is 0 Å². The SMILES string of the molecule is CC(C)CCCCCCCCCC(=O)OCC(C)(C)C. The Morgan fingerprint density at radius 1 is 0.900 bits per heavy atom. The van der Waals surface area contributed by atoms with Crippen LogP contribution < -0.4 is 0 Å². The fourth-order valence-electron chi connectivity index (χ4n) is 2.07. The summed E-state index contributed by atoms with van der Waals surface area (Å²) in [7, 11) is 0. The van der Waals surface area contributed by atoms with Crippen LogP contribution in [0.2, 0.25) is 0 Å². The van der Waals surface area contributed by atoms with E-state index in [2.05, 4.69) is 34.6 Å². The molecular formula is C18H36O2. The van der Waals surface area contributed by atoms with Gasteiger partial charge in [0.05, 0.1) is 6.61 Å². The number of carbonyl (C=O) groups is 1. The fraction of sp³-hybridized carbons (Fsp3) is 0.944. The molecule has 0 N–H and O–H groups in total. The number of rotatable bonds is 11. The number of unbranched alkanes of at least 4 members (excludes halogenated alkanes) is 6. The molecule has 0 atom stereocenters. The van der Waals surface area contributed by atoms with Gasteiger partial charge < -0.3 is 4.74 Å². The van der Waals surface area contributed by atoms with Gasteiger partial charge in [-0.25, -0.2) is 0 Å². The van der Waals surface area contributed by atoms with Gasteiger partial charge in [-0.1, -0.05) is 79.6 Å². The van der Waals surface area contributed by atoms with E-state index in [1.807, 2.05) is 0 Å². The van der Waals surface area contributed by atoms with Crippen molar-refractivity contribution in [3.63, 3.8) is 0 Å². The number of esters is 1. The summed E-state index contributed by atoms with van der Waals surface area (Å²) in [5, 5.41) is 0. The summed E-state index contributed by atoms with van der Waals surface area (Å²) >= 11 is 0. The summed E-state index contributed by atoms with van der Waals surface area (Å²) < 4.78 is 5.25. The zero-order chi connectivity index (χ0) is 15.4. The molecule has 0 saturated heterocycles. The molecule has 0 unspecified atom stereocenters. The Hall–Kier alpha value is -0.530. The highest BCUT2D eigenvalue weighted by molar-refractivity contribution is 5.69. The van der Waals surface area contributed by atoms with Crippen LogP contribution in [0.15, 0.2) is 0 Å². The van der Waals surface area contributed by atoms with Gasteiger partial charge in [-0.15, -0.1) is 0 Å². The first-order valence-electron chi connectivity index (χ1n) is 8.47. The van der Waals surface area contributed by atoms with Crippen LogP contribution in [0.4, 0.5) is 0 Å². The molecule has 0 aromatic heterocycles. The molecule has 0 amide bonds. The van der Waals surface area contributed by atoms with Crippen LogP contribution in [0, 0.1) is 11.3 Å². The van der Waals surface area contributed by atoms with Gasteiger partial charge in [0.2, 0.25) is 0 Å². The van der Waals surface area contributed by atoms with E-state index in [4.69, 9.17) is 4.74 Å².